The monoisotopic (exact) mass is 295 g/mol. The first-order chi connectivity index (χ1) is 9.52. The van der Waals surface area contributed by atoms with E-state index in [9.17, 15) is 0 Å². The molecule has 0 spiro atoms. The molecular weight excluding hydrogens is 270 g/mol. The van der Waals surface area contributed by atoms with Gasteiger partial charge in [0.1, 0.15) is 0 Å². The van der Waals surface area contributed by atoms with E-state index in [0.29, 0.717) is 12.0 Å². The van der Waals surface area contributed by atoms with E-state index in [2.05, 4.69) is 38.2 Å². The van der Waals surface area contributed by atoms with E-state index in [1.165, 1.54) is 5.56 Å². The molecule has 3 heteroatoms. The van der Waals surface area contributed by atoms with Crippen molar-refractivity contribution in [3.8, 4) is 0 Å². The second kappa shape index (κ2) is 6.93. The van der Waals surface area contributed by atoms with Gasteiger partial charge in [0.25, 0.3) is 0 Å². The molecule has 1 heterocycles. The third kappa shape index (κ3) is 3.97. The van der Waals surface area contributed by atoms with Gasteiger partial charge in [-0.2, -0.15) is 0 Å². The number of halogens is 1. The van der Waals surface area contributed by atoms with Crippen LogP contribution in [0.15, 0.2) is 24.3 Å². The van der Waals surface area contributed by atoms with Crippen LogP contribution in [0.3, 0.4) is 0 Å². The molecule has 20 heavy (non-hydrogen) atoms. The third-order valence-corrected chi connectivity index (χ3v) is 4.54. The number of hydrogen-bond donors (Lipinski definition) is 1. The Labute approximate surface area is 127 Å². The topological polar surface area (TPSA) is 21.3 Å². The Morgan fingerprint density at radius 2 is 2.25 bits per heavy atom. The van der Waals surface area contributed by atoms with Crippen LogP contribution < -0.4 is 5.32 Å². The van der Waals surface area contributed by atoms with Crippen molar-refractivity contribution >= 4 is 11.6 Å². The molecule has 2 atom stereocenters. The van der Waals surface area contributed by atoms with Gasteiger partial charge in [-0.3, -0.25) is 0 Å². The Hall–Kier alpha value is -0.570. The van der Waals surface area contributed by atoms with Gasteiger partial charge < -0.3 is 10.1 Å². The lowest BCUT2D eigenvalue weighted by molar-refractivity contribution is 0.0627. The van der Waals surface area contributed by atoms with Crippen molar-refractivity contribution in [1.29, 1.82) is 0 Å². The fraction of sp³-hybridized carbons (Fsp3) is 0.647. The van der Waals surface area contributed by atoms with Gasteiger partial charge in [-0.05, 0) is 49.9 Å². The molecule has 1 aromatic rings. The third-order valence-electron chi connectivity index (χ3n) is 4.31. The highest BCUT2D eigenvalue weighted by Crippen LogP contribution is 2.38. The minimum atomic E-state index is 0.194. The zero-order valence-corrected chi connectivity index (χ0v) is 13.5. The van der Waals surface area contributed by atoms with Crippen LogP contribution in [0.5, 0.6) is 0 Å². The van der Waals surface area contributed by atoms with Gasteiger partial charge in [0.2, 0.25) is 0 Å². The van der Waals surface area contributed by atoms with Crippen molar-refractivity contribution in [3.05, 3.63) is 34.9 Å². The van der Waals surface area contributed by atoms with Crippen LogP contribution in [0.4, 0.5) is 0 Å². The largest absolute Gasteiger partial charge is 0.378 e. The Bertz CT molecular complexity index is 435. The molecule has 2 rings (SSSR count). The van der Waals surface area contributed by atoms with Crippen LogP contribution in [0, 0.1) is 11.3 Å². The maximum Gasteiger partial charge on any atom is 0.0619 e. The van der Waals surface area contributed by atoms with Gasteiger partial charge in [-0.15, -0.1) is 0 Å². The average molecular weight is 296 g/mol. The van der Waals surface area contributed by atoms with Gasteiger partial charge in [-0.1, -0.05) is 37.6 Å². The summed E-state index contributed by atoms with van der Waals surface area (Å²) in [4.78, 5) is 0. The van der Waals surface area contributed by atoms with Crippen molar-refractivity contribution in [2.45, 2.75) is 39.7 Å². The first-order valence-electron chi connectivity index (χ1n) is 7.59. The number of nitrogens with one attached hydrogen (secondary N) is 1. The number of benzene rings is 1. The Kier molecular flexibility index (Phi) is 5.48. The van der Waals surface area contributed by atoms with Crippen LogP contribution in [0.1, 0.15) is 32.8 Å². The summed E-state index contributed by atoms with van der Waals surface area (Å²) in [6.07, 6.45) is 2.44. The highest BCUT2D eigenvalue weighted by Gasteiger charge is 2.41. The van der Waals surface area contributed by atoms with Crippen molar-refractivity contribution in [2.24, 2.45) is 11.3 Å². The summed E-state index contributed by atoms with van der Waals surface area (Å²) >= 11 is 6.11. The summed E-state index contributed by atoms with van der Waals surface area (Å²) in [7, 11) is 0. The van der Waals surface area contributed by atoms with E-state index in [-0.39, 0.29) is 5.41 Å². The van der Waals surface area contributed by atoms with E-state index >= 15 is 0 Å². The summed E-state index contributed by atoms with van der Waals surface area (Å²) in [5.41, 5.74) is 1.50. The van der Waals surface area contributed by atoms with E-state index in [1.807, 2.05) is 12.1 Å². The molecule has 0 aliphatic carbocycles. The van der Waals surface area contributed by atoms with E-state index in [0.717, 1.165) is 37.6 Å². The van der Waals surface area contributed by atoms with E-state index in [1.54, 1.807) is 0 Å². The molecule has 1 aliphatic rings. The lowest BCUT2D eigenvalue weighted by Gasteiger charge is -2.33. The Morgan fingerprint density at radius 3 is 2.85 bits per heavy atom. The molecule has 0 aromatic heterocycles. The van der Waals surface area contributed by atoms with Crippen molar-refractivity contribution in [2.75, 3.05) is 19.7 Å². The van der Waals surface area contributed by atoms with Crippen LogP contribution >= 0.6 is 11.6 Å². The van der Waals surface area contributed by atoms with Gasteiger partial charge in [0.15, 0.2) is 0 Å². The quantitative estimate of drug-likeness (QED) is 0.859. The lowest BCUT2D eigenvalue weighted by Crippen LogP contribution is -2.42. The molecule has 112 valence electrons. The average Bonchev–Trinajstić information content (AvgIpc) is 2.70. The first-order valence-corrected chi connectivity index (χ1v) is 7.96. The van der Waals surface area contributed by atoms with Gasteiger partial charge in [-0.25, -0.2) is 0 Å². The summed E-state index contributed by atoms with van der Waals surface area (Å²) in [5.74, 6) is 0.677. The van der Waals surface area contributed by atoms with Crippen LogP contribution in [-0.4, -0.2) is 25.8 Å². The maximum absolute atomic E-state index is 6.11. The van der Waals surface area contributed by atoms with E-state index in [4.69, 9.17) is 16.3 Å². The molecule has 1 fully saturated rings. The highest BCUT2D eigenvalue weighted by atomic mass is 35.5. The van der Waals surface area contributed by atoms with Crippen LogP contribution in [0.2, 0.25) is 5.02 Å². The number of rotatable bonds is 6. The molecule has 0 saturated carbocycles. The molecule has 1 aliphatic heterocycles. The summed E-state index contributed by atoms with van der Waals surface area (Å²) in [5, 5.41) is 4.44. The highest BCUT2D eigenvalue weighted by molar-refractivity contribution is 6.30. The molecule has 2 nitrogen and oxygen atoms in total. The second-order valence-corrected chi connectivity index (χ2v) is 6.89. The number of ether oxygens (including phenoxy) is 1. The van der Waals surface area contributed by atoms with Crippen molar-refractivity contribution < 1.29 is 4.74 Å². The predicted molar refractivity (Wildman–Crippen MR) is 85.3 cm³/mol. The molecule has 1 aromatic carbocycles. The SMILES string of the molecule is CC(C)CNCC1(Cc2cccc(Cl)c2)CCOC1C. The maximum atomic E-state index is 6.11. The smallest absolute Gasteiger partial charge is 0.0619 e. The van der Waals surface area contributed by atoms with Crippen LogP contribution in [-0.2, 0) is 11.2 Å². The van der Waals surface area contributed by atoms with Gasteiger partial charge >= 0.3 is 0 Å². The zero-order chi connectivity index (χ0) is 14.6. The van der Waals surface area contributed by atoms with Crippen LogP contribution in [0.25, 0.3) is 0 Å². The van der Waals surface area contributed by atoms with Crippen molar-refractivity contribution in [3.63, 3.8) is 0 Å². The van der Waals surface area contributed by atoms with E-state index < -0.39 is 0 Å². The molecule has 0 amide bonds. The standard InChI is InChI=1S/C17H26ClNO/c1-13(2)11-19-12-17(7-8-20-14(17)3)10-15-5-4-6-16(18)9-15/h4-6,9,13-14,19H,7-8,10-12H2,1-3H3. The lowest BCUT2D eigenvalue weighted by atomic mass is 9.76. The predicted octanol–water partition coefficient (Wildman–Crippen LogP) is 3.92. The Balaban J connectivity index is 2.07. The molecule has 0 bridgehead atoms. The normalized spacial score (nSPS) is 26.4. The minimum absolute atomic E-state index is 0.194. The molecular formula is C17H26ClNO. The fourth-order valence-corrected chi connectivity index (χ4v) is 3.22. The zero-order valence-electron chi connectivity index (χ0n) is 12.8. The summed E-state index contributed by atoms with van der Waals surface area (Å²) in [6, 6.07) is 8.22. The summed E-state index contributed by atoms with van der Waals surface area (Å²) < 4.78 is 5.86. The Morgan fingerprint density at radius 1 is 1.45 bits per heavy atom. The molecule has 0 radical (unpaired) electrons. The van der Waals surface area contributed by atoms with Crippen molar-refractivity contribution in [1.82, 2.24) is 5.32 Å². The minimum Gasteiger partial charge on any atom is -0.378 e. The summed E-state index contributed by atoms with van der Waals surface area (Å²) in [6.45, 7) is 9.62. The molecule has 1 saturated heterocycles. The fourth-order valence-electron chi connectivity index (χ4n) is 3.01. The van der Waals surface area contributed by atoms with Gasteiger partial charge in [0, 0.05) is 23.6 Å². The van der Waals surface area contributed by atoms with Gasteiger partial charge in [0.05, 0.1) is 6.10 Å². The number of hydrogen-bond acceptors (Lipinski definition) is 2. The second-order valence-electron chi connectivity index (χ2n) is 6.46. The molecule has 2 unspecified atom stereocenters. The first kappa shape index (κ1) is 15.8. The molecule has 1 N–H and O–H groups in total.